The fourth-order valence-electron chi connectivity index (χ4n) is 4.14. The topological polar surface area (TPSA) is 63.3 Å². The van der Waals surface area contributed by atoms with E-state index in [2.05, 4.69) is 35.0 Å². The van der Waals surface area contributed by atoms with Gasteiger partial charge in [0, 0.05) is 43.6 Å². The molecule has 1 amide bonds. The summed E-state index contributed by atoms with van der Waals surface area (Å²) in [7, 11) is 1.59. The highest BCUT2D eigenvalue weighted by Crippen LogP contribution is 2.40. The second-order valence-electron chi connectivity index (χ2n) is 7.99. The number of benzene rings is 2. The molecule has 0 spiro atoms. The van der Waals surface area contributed by atoms with Crippen LogP contribution in [-0.4, -0.2) is 63.9 Å². The van der Waals surface area contributed by atoms with E-state index in [1.807, 2.05) is 24.3 Å². The van der Waals surface area contributed by atoms with E-state index in [-0.39, 0.29) is 5.91 Å². The number of amides is 1. The van der Waals surface area contributed by atoms with Crippen LogP contribution in [-0.2, 0) is 4.79 Å². The van der Waals surface area contributed by atoms with E-state index in [1.165, 1.54) is 11.8 Å². The van der Waals surface area contributed by atoms with E-state index in [1.54, 1.807) is 13.2 Å². The van der Waals surface area contributed by atoms with E-state index in [4.69, 9.17) is 14.2 Å². The van der Waals surface area contributed by atoms with Gasteiger partial charge in [-0.2, -0.15) is 0 Å². The lowest BCUT2D eigenvalue weighted by Crippen LogP contribution is -2.46. The number of piperazine rings is 1. The number of ether oxygens (including phenoxy) is 3. The van der Waals surface area contributed by atoms with Gasteiger partial charge in [0.1, 0.15) is 13.2 Å². The number of carbonyl (C=O) groups is 1. The molecule has 7 heteroatoms. The van der Waals surface area contributed by atoms with E-state index in [9.17, 15) is 4.79 Å². The molecule has 7 nitrogen and oxygen atoms in total. The fraction of sp³-hybridized carbons (Fsp3) is 0.400. The Bertz CT molecular complexity index is 980. The Morgan fingerprint density at radius 2 is 1.91 bits per heavy atom. The molecule has 2 aliphatic heterocycles. The van der Waals surface area contributed by atoms with Crippen LogP contribution in [0.15, 0.2) is 36.4 Å². The second kappa shape index (κ2) is 9.96. The molecule has 170 valence electrons. The molecular weight excluding hydrogens is 406 g/mol. The van der Waals surface area contributed by atoms with Crippen molar-refractivity contribution < 1.29 is 19.0 Å². The molecule has 0 unspecified atom stereocenters. The second-order valence-corrected chi connectivity index (χ2v) is 7.99. The van der Waals surface area contributed by atoms with Crippen molar-refractivity contribution in [3.8, 4) is 17.2 Å². The van der Waals surface area contributed by atoms with Gasteiger partial charge in [-0.25, -0.2) is 0 Å². The van der Waals surface area contributed by atoms with Crippen LogP contribution in [0.1, 0.15) is 18.1 Å². The molecular formula is C25H31N3O4. The van der Waals surface area contributed by atoms with Crippen LogP contribution in [0, 0.1) is 6.92 Å². The first-order valence-corrected chi connectivity index (χ1v) is 11.1. The third-order valence-electron chi connectivity index (χ3n) is 5.90. The molecule has 32 heavy (non-hydrogen) atoms. The summed E-state index contributed by atoms with van der Waals surface area (Å²) in [5.41, 5.74) is 3.98. The predicted molar refractivity (Wildman–Crippen MR) is 127 cm³/mol. The fourth-order valence-corrected chi connectivity index (χ4v) is 4.14. The minimum atomic E-state index is -0.192. The van der Waals surface area contributed by atoms with Gasteiger partial charge in [0.25, 0.3) is 0 Å². The first-order chi connectivity index (χ1) is 15.6. The molecule has 1 fully saturated rings. The molecule has 0 saturated carbocycles. The van der Waals surface area contributed by atoms with E-state index in [0.29, 0.717) is 30.5 Å². The van der Waals surface area contributed by atoms with Crippen molar-refractivity contribution in [1.29, 1.82) is 0 Å². The number of nitrogens with one attached hydrogen (secondary N) is 1. The minimum Gasteiger partial charge on any atom is -0.493 e. The monoisotopic (exact) mass is 437 g/mol. The van der Waals surface area contributed by atoms with Gasteiger partial charge in [0.05, 0.1) is 7.11 Å². The van der Waals surface area contributed by atoms with Gasteiger partial charge in [-0.3, -0.25) is 4.79 Å². The SMILES string of the molecule is CCN1CCN(c2ccc(NC(=O)/C=C/c3cc(OC)c4c(c3)OCCO4)cc2C)CC1. The average molecular weight is 438 g/mol. The summed E-state index contributed by atoms with van der Waals surface area (Å²) in [5, 5.41) is 2.95. The molecule has 0 aromatic heterocycles. The first kappa shape index (κ1) is 22.0. The lowest BCUT2D eigenvalue weighted by molar-refractivity contribution is -0.111. The van der Waals surface area contributed by atoms with Crippen molar-refractivity contribution in [2.24, 2.45) is 0 Å². The molecule has 0 atom stereocenters. The molecule has 2 aromatic rings. The molecule has 2 aliphatic rings. The zero-order chi connectivity index (χ0) is 22.5. The summed E-state index contributed by atoms with van der Waals surface area (Å²) in [6.45, 7) is 10.6. The summed E-state index contributed by atoms with van der Waals surface area (Å²) < 4.78 is 16.7. The molecule has 1 saturated heterocycles. The number of rotatable bonds is 6. The molecule has 0 bridgehead atoms. The zero-order valence-electron chi connectivity index (χ0n) is 19.0. The highest BCUT2D eigenvalue weighted by atomic mass is 16.6. The molecule has 2 heterocycles. The van der Waals surface area contributed by atoms with Crippen LogP contribution in [0.5, 0.6) is 17.2 Å². The van der Waals surface area contributed by atoms with Gasteiger partial charge < -0.3 is 29.3 Å². The van der Waals surface area contributed by atoms with Crippen LogP contribution < -0.4 is 24.4 Å². The number of methoxy groups -OCH3 is 1. The van der Waals surface area contributed by atoms with Crippen LogP contribution >= 0.6 is 0 Å². The highest BCUT2D eigenvalue weighted by Gasteiger charge is 2.19. The maximum atomic E-state index is 12.5. The number of nitrogens with zero attached hydrogens (tertiary/aromatic N) is 2. The number of carbonyl (C=O) groups excluding carboxylic acids is 1. The lowest BCUT2D eigenvalue weighted by atomic mass is 10.1. The smallest absolute Gasteiger partial charge is 0.248 e. The normalized spacial score (nSPS) is 16.3. The van der Waals surface area contributed by atoms with Crippen LogP contribution in [0.2, 0.25) is 0 Å². The summed E-state index contributed by atoms with van der Waals surface area (Å²) >= 11 is 0. The predicted octanol–water partition coefficient (Wildman–Crippen LogP) is 3.57. The van der Waals surface area contributed by atoms with Crippen molar-refractivity contribution in [2.75, 3.05) is 63.3 Å². The summed E-state index contributed by atoms with van der Waals surface area (Å²) in [4.78, 5) is 17.4. The zero-order valence-corrected chi connectivity index (χ0v) is 19.0. The number of likely N-dealkylation sites (N-methyl/N-ethyl adjacent to an activating group) is 1. The maximum Gasteiger partial charge on any atom is 0.248 e. The Morgan fingerprint density at radius 1 is 1.12 bits per heavy atom. The number of fused-ring (bicyclic) bond motifs is 1. The average Bonchev–Trinajstić information content (AvgIpc) is 2.82. The first-order valence-electron chi connectivity index (χ1n) is 11.1. The van der Waals surface area contributed by atoms with E-state index < -0.39 is 0 Å². The largest absolute Gasteiger partial charge is 0.493 e. The summed E-state index contributed by atoms with van der Waals surface area (Å²) in [5.74, 6) is 1.63. The van der Waals surface area contributed by atoms with Crippen molar-refractivity contribution in [3.05, 3.63) is 47.5 Å². The number of aryl methyl sites for hydroxylation is 1. The van der Waals surface area contributed by atoms with Crippen molar-refractivity contribution in [3.63, 3.8) is 0 Å². The Kier molecular flexibility index (Phi) is 6.85. The Labute approximate surface area is 189 Å². The Morgan fingerprint density at radius 3 is 2.62 bits per heavy atom. The highest BCUT2D eigenvalue weighted by molar-refractivity contribution is 6.02. The van der Waals surface area contributed by atoms with Crippen molar-refractivity contribution in [1.82, 2.24) is 4.90 Å². The summed E-state index contributed by atoms with van der Waals surface area (Å²) in [6, 6.07) is 9.77. The van der Waals surface area contributed by atoms with Crippen LogP contribution in [0.25, 0.3) is 6.08 Å². The standard InChI is InChI=1S/C25H31N3O4/c1-4-27-9-11-28(12-10-27)21-7-6-20(15-18(21)2)26-24(29)8-5-19-16-22(30-3)25-23(17-19)31-13-14-32-25/h5-8,15-17H,4,9-14H2,1-3H3,(H,26,29)/b8-5+. The van der Waals surface area contributed by atoms with Gasteiger partial charge >= 0.3 is 0 Å². The number of hydrogen-bond donors (Lipinski definition) is 1. The van der Waals surface area contributed by atoms with Gasteiger partial charge in [0.2, 0.25) is 11.7 Å². The lowest BCUT2D eigenvalue weighted by Gasteiger charge is -2.36. The molecule has 4 rings (SSSR count). The molecule has 2 aromatic carbocycles. The van der Waals surface area contributed by atoms with Crippen LogP contribution in [0.3, 0.4) is 0 Å². The Hall–Kier alpha value is -3.19. The van der Waals surface area contributed by atoms with E-state index >= 15 is 0 Å². The molecule has 1 N–H and O–H groups in total. The van der Waals surface area contributed by atoms with Gasteiger partial charge in [0.15, 0.2) is 11.5 Å². The molecule has 0 aliphatic carbocycles. The number of anilines is 2. The minimum absolute atomic E-state index is 0.192. The third kappa shape index (κ3) is 4.99. The maximum absolute atomic E-state index is 12.5. The van der Waals surface area contributed by atoms with Crippen LogP contribution in [0.4, 0.5) is 11.4 Å². The quantitative estimate of drug-likeness (QED) is 0.697. The van der Waals surface area contributed by atoms with E-state index in [0.717, 1.165) is 49.5 Å². The molecule has 0 radical (unpaired) electrons. The summed E-state index contributed by atoms with van der Waals surface area (Å²) in [6.07, 6.45) is 3.25. The van der Waals surface area contributed by atoms with Gasteiger partial charge in [-0.15, -0.1) is 0 Å². The Balaban J connectivity index is 1.40. The third-order valence-corrected chi connectivity index (χ3v) is 5.90. The van der Waals surface area contributed by atoms with Gasteiger partial charge in [-0.1, -0.05) is 6.92 Å². The van der Waals surface area contributed by atoms with Crippen molar-refractivity contribution in [2.45, 2.75) is 13.8 Å². The van der Waals surface area contributed by atoms with Gasteiger partial charge in [-0.05, 0) is 61.0 Å². The number of hydrogen-bond acceptors (Lipinski definition) is 6. The van der Waals surface area contributed by atoms with Crippen molar-refractivity contribution >= 4 is 23.4 Å².